The van der Waals surface area contributed by atoms with E-state index in [-0.39, 0.29) is 17.6 Å². The lowest BCUT2D eigenvalue weighted by Gasteiger charge is -2.12. The summed E-state index contributed by atoms with van der Waals surface area (Å²) in [6, 6.07) is -0.0896. The van der Waals surface area contributed by atoms with Gasteiger partial charge in [0.2, 0.25) is 0 Å². The maximum absolute atomic E-state index is 11.6. The molecule has 0 fully saturated rings. The molecule has 0 aliphatic rings. The molecule has 4 heteroatoms. The predicted octanol–water partition coefficient (Wildman–Crippen LogP) is 1.70. The zero-order valence-corrected chi connectivity index (χ0v) is 9.45. The van der Waals surface area contributed by atoms with Gasteiger partial charge in [-0.15, -0.1) is 0 Å². The highest BCUT2D eigenvalue weighted by molar-refractivity contribution is 5.94. The zero-order chi connectivity index (χ0) is 11.8. The third-order valence-electron chi connectivity index (χ3n) is 1.84. The fraction of sp³-hybridized carbons (Fsp3) is 0.364. The molecule has 0 saturated heterocycles. The molecule has 0 unspecified atom stereocenters. The van der Waals surface area contributed by atoms with Gasteiger partial charge in [-0.25, -0.2) is 0 Å². The molecule has 0 radical (unpaired) electrons. The minimum Gasteiger partial charge on any atom is -0.344 e. The second-order valence-electron chi connectivity index (χ2n) is 3.12. The Morgan fingerprint density at radius 2 is 2.13 bits per heavy atom. The van der Waals surface area contributed by atoms with E-state index < -0.39 is 0 Å². The van der Waals surface area contributed by atoms with Gasteiger partial charge in [0.15, 0.2) is 0 Å². The van der Waals surface area contributed by atoms with Gasteiger partial charge < -0.3 is 5.32 Å². The van der Waals surface area contributed by atoms with Gasteiger partial charge in [-0.05, 0) is 27.5 Å². The average Bonchev–Trinajstić information content (AvgIpc) is 2.18. The van der Waals surface area contributed by atoms with Crippen LogP contribution in [-0.4, -0.2) is 24.9 Å². The molecule has 0 aromatic rings. The van der Waals surface area contributed by atoms with Crippen LogP contribution in [0.5, 0.6) is 0 Å². The molecule has 0 rings (SSSR count). The lowest BCUT2D eigenvalue weighted by atomic mass is 10.2. The molecule has 0 aromatic carbocycles. The third kappa shape index (κ3) is 4.90. The summed E-state index contributed by atoms with van der Waals surface area (Å²) in [7, 11) is 0. The monoisotopic (exact) mass is 207 g/mol. The number of carbonyl (C=O) groups excluding carboxylic acids is 1. The molecular formula is C11H17N3O. The van der Waals surface area contributed by atoms with Crippen LogP contribution in [0.25, 0.3) is 0 Å². The Labute approximate surface area is 90.5 Å². The van der Waals surface area contributed by atoms with Crippen LogP contribution >= 0.6 is 0 Å². The Morgan fingerprint density at radius 3 is 2.53 bits per heavy atom. The van der Waals surface area contributed by atoms with E-state index in [1.54, 1.807) is 13.1 Å². The summed E-state index contributed by atoms with van der Waals surface area (Å²) in [5.41, 5.74) is 1.08. The van der Waals surface area contributed by atoms with Crippen LogP contribution in [0.15, 0.2) is 34.0 Å². The van der Waals surface area contributed by atoms with Crippen LogP contribution in [0.1, 0.15) is 20.8 Å². The highest BCUT2D eigenvalue weighted by atomic mass is 16.2. The standard InChI is InChI=1S/C11H17N3O/c1-6-13-7-10(12-5)11(15)14-9(4)8(2)3/h6-7,9H,2,5H2,1,3-4H3,(H,14,15)/b10-7-,13-6-/t9-/m1/s1. The smallest absolute Gasteiger partial charge is 0.271 e. The van der Waals surface area contributed by atoms with E-state index in [2.05, 4.69) is 28.6 Å². The molecule has 0 aromatic heterocycles. The number of rotatable bonds is 5. The topological polar surface area (TPSA) is 53.8 Å². The number of aliphatic imine (C=N–C) groups is 2. The summed E-state index contributed by atoms with van der Waals surface area (Å²) in [6.07, 6.45) is 2.94. The van der Waals surface area contributed by atoms with Crippen LogP contribution in [0.3, 0.4) is 0 Å². The van der Waals surface area contributed by atoms with Crippen LogP contribution in [0.2, 0.25) is 0 Å². The first-order chi connectivity index (χ1) is 7.02. The number of nitrogens with zero attached hydrogens (tertiary/aromatic N) is 2. The molecule has 0 bridgehead atoms. The predicted molar refractivity (Wildman–Crippen MR) is 64.2 cm³/mol. The second kappa shape index (κ2) is 6.70. The van der Waals surface area contributed by atoms with Gasteiger partial charge in [0.05, 0.1) is 6.20 Å². The summed E-state index contributed by atoms with van der Waals surface area (Å²) in [4.78, 5) is 19.0. The minimum atomic E-state index is -0.300. The molecular weight excluding hydrogens is 190 g/mol. The van der Waals surface area contributed by atoms with Gasteiger partial charge in [0.25, 0.3) is 5.91 Å². The molecule has 1 N–H and O–H groups in total. The van der Waals surface area contributed by atoms with Gasteiger partial charge in [0.1, 0.15) is 5.70 Å². The van der Waals surface area contributed by atoms with Gasteiger partial charge in [-0.3, -0.25) is 14.8 Å². The highest BCUT2D eigenvalue weighted by Crippen LogP contribution is 2.01. The van der Waals surface area contributed by atoms with E-state index in [1.165, 1.54) is 6.20 Å². The molecule has 1 amide bonds. The van der Waals surface area contributed by atoms with Crippen molar-refractivity contribution in [2.75, 3.05) is 0 Å². The number of hydrogen-bond acceptors (Lipinski definition) is 3. The van der Waals surface area contributed by atoms with E-state index >= 15 is 0 Å². The third-order valence-corrected chi connectivity index (χ3v) is 1.84. The van der Waals surface area contributed by atoms with Gasteiger partial charge in [-0.1, -0.05) is 12.2 Å². The van der Waals surface area contributed by atoms with Crippen molar-refractivity contribution in [3.63, 3.8) is 0 Å². The lowest BCUT2D eigenvalue weighted by molar-refractivity contribution is -0.117. The van der Waals surface area contributed by atoms with Crippen molar-refractivity contribution in [2.24, 2.45) is 9.98 Å². The molecule has 0 aliphatic carbocycles. The van der Waals surface area contributed by atoms with Crippen molar-refractivity contribution in [1.29, 1.82) is 0 Å². The molecule has 82 valence electrons. The summed E-state index contributed by atoms with van der Waals surface area (Å²) in [5.74, 6) is -0.300. The van der Waals surface area contributed by atoms with Crippen molar-refractivity contribution in [3.8, 4) is 0 Å². The van der Waals surface area contributed by atoms with Crippen molar-refractivity contribution < 1.29 is 4.79 Å². The maximum Gasteiger partial charge on any atom is 0.271 e. The Hall–Kier alpha value is -1.71. The van der Waals surface area contributed by atoms with Gasteiger partial charge in [-0.2, -0.15) is 0 Å². The number of amides is 1. The van der Waals surface area contributed by atoms with E-state index in [4.69, 9.17) is 0 Å². The largest absolute Gasteiger partial charge is 0.344 e. The van der Waals surface area contributed by atoms with Crippen LogP contribution in [0, 0.1) is 0 Å². The highest BCUT2D eigenvalue weighted by Gasteiger charge is 2.10. The minimum absolute atomic E-state index is 0.0896. The molecule has 0 heterocycles. The molecule has 15 heavy (non-hydrogen) atoms. The van der Waals surface area contributed by atoms with Gasteiger partial charge >= 0.3 is 0 Å². The fourth-order valence-corrected chi connectivity index (χ4v) is 0.710. The Bertz CT molecular complexity index is 316. The second-order valence-corrected chi connectivity index (χ2v) is 3.12. The summed E-state index contributed by atoms with van der Waals surface area (Å²) >= 11 is 0. The first kappa shape index (κ1) is 13.3. The first-order valence-electron chi connectivity index (χ1n) is 4.63. The zero-order valence-electron chi connectivity index (χ0n) is 9.45. The number of carbonyl (C=O) groups is 1. The van der Waals surface area contributed by atoms with Crippen LogP contribution in [0.4, 0.5) is 0 Å². The molecule has 0 spiro atoms. The Balaban J connectivity index is 4.54. The van der Waals surface area contributed by atoms with E-state index in [1.807, 2.05) is 13.8 Å². The number of nitrogens with one attached hydrogen (secondary N) is 1. The quantitative estimate of drug-likeness (QED) is 0.416. The lowest BCUT2D eigenvalue weighted by Crippen LogP contribution is -2.33. The summed E-state index contributed by atoms with van der Waals surface area (Å²) in [5, 5.41) is 2.72. The van der Waals surface area contributed by atoms with Crippen molar-refractivity contribution >= 4 is 18.8 Å². The van der Waals surface area contributed by atoms with E-state index in [0.717, 1.165) is 5.57 Å². The molecule has 0 saturated carbocycles. The summed E-state index contributed by atoms with van der Waals surface area (Å²) in [6.45, 7) is 12.5. The maximum atomic E-state index is 11.6. The van der Waals surface area contributed by atoms with Gasteiger partial charge in [0, 0.05) is 12.3 Å². The Kier molecular flexibility index (Phi) is 5.94. The molecule has 4 nitrogen and oxygen atoms in total. The SMILES string of the molecule is C=N/C(=C\N=C/C)C(=O)N[C@H](C)C(=C)C. The van der Waals surface area contributed by atoms with Crippen molar-refractivity contribution in [1.82, 2.24) is 5.32 Å². The number of hydrogen-bond donors (Lipinski definition) is 1. The normalized spacial score (nSPS) is 13.7. The molecule has 1 atom stereocenters. The van der Waals surface area contributed by atoms with Crippen LogP contribution in [-0.2, 0) is 4.79 Å². The molecule has 0 aliphatic heterocycles. The average molecular weight is 207 g/mol. The fourth-order valence-electron chi connectivity index (χ4n) is 0.710. The van der Waals surface area contributed by atoms with Crippen LogP contribution < -0.4 is 5.32 Å². The first-order valence-corrected chi connectivity index (χ1v) is 4.63. The Morgan fingerprint density at radius 1 is 1.53 bits per heavy atom. The summed E-state index contributed by atoms with van der Waals surface area (Å²) < 4.78 is 0. The van der Waals surface area contributed by atoms with E-state index in [0.29, 0.717) is 0 Å². The van der Waals surface area contributed by atoms with Crippen molar-refractivity contribution in [3.05, 3.63) is 24.0 Å². The van der Waals surface area contributed by atoms with E-state index in [9.17, 15) is 4.79 Å². The van der Waals surface area contributed by atoms with Crippen molar-refractivity contribution in [2.45, 2.75) is 26.8 Å².